The third-order valence-corrected chi connectivity index (χ3v) is 5.24. The third kappa shape index (κ3) is 7.64. The van der Waals surface area contributed by atoms with Crippen molar-refractivity contribution in [1.29, 1.82) is 0 Å². The number of nitrogens with one attached hydrogen (secondary N) is 2. The molecule has 1 aromatic rings. The summed E-state index contributed by atoms with van der Waals surface area (Å²) in [6.07, 6.45) is -0.668. The molecule has 5 N–H and O–H groups in total. The van der Waals surface area contributed by atoms with Crippen molar-refractivity contribution in [2.75, 3.05) is 0 Å². The Morgan fingerprint density at radius 3 is 2.15 bits per heavy atom. The number of alkyl carbamates (subject to hydrolysis) is 1. The lowest BCUT2D eigenvalue weighted by Gasteiger charge is -2.35. The van der Waals surface area contributed by atoms with Crippen LogP contribution in [0, 0.1) is 5.92 Å². The van der Waals surface area contributed by atoms with Gasteiger partial charge in [-0.1, -0.05) is 19.1 Å². The fraction of sp³-hybridized carbons (Fsp3) is 0.583. The molecule has 10 heteroatoms. The van der Waals surface area contributed by atoms with E-state index in [9.17, 15) is 24.3 Å². The Labute approximate surface area is 200 Å². The van der Waals surface area contributed by atoms with E-state index in [1.165, 1.54) is 17.0 Å². The van der Waals surface area contributed by atoms with Crippen molar-refractivity contribution in [3.63, 3.8) is 0 Å². The largest absolute Gasteiger partial charge is 0.508 e. The zero-order chi connectivity index (χ0) is 25.8. The fourth-order valence-electron chi connectivity index (χ4n) is 3.66. The van der Waals surface area contributed by atoms with Crippen LogP contribution in [-0.4, -0.2) is 57.5 Å². The van der Waals surface area contributed by atoms with Crippen LogP contribution < -0.4 is 16.4 Å². The molecule has 188 valence electrons. The van der Waals surface area contributed by atoms with Crippen LogP contribution in [0.1, 0.15) is 66.0 Å². The maximum Gasteiger partial charge on any atom is 0.408 e. The first-order chi connectivity index (χ1) is 15.7. The van der Waals surface area contributed by atoms with Crippen molar-refractivity contribution >= 4 is 23.8 Å². The van der Waals surface area contributed by atoms with E-state index < -0.39 is 47.9 Å². The molecule has 0 saturated heterocycles. The molecule has 2 rings (SSSR count). The molecule has 0 heterocycles. The van der Waals surface area contributed by atoms with Crippen LogP contribution >= 0.6 is 0 Å². The SMILES string of the molecule is CC(C)NC(=O)C(c1ccc(O)cc1)N(C(=O)C(CC(N)=O)NC(=O)OC(C)(C)C)C1CC1C. The van der Waals surface area contributed by atoms with Gasteiger partial charge in [0.2, 0.25) is 17.7 Å². The zero-order valence-corrected chi connectivity index (χ0v) is 20.6. The molecule has 4 unspecified atom stereocenters. The third-order valence-electron chi connectivity index (χ3n) is 5.24. The highest BCUT2D eigenvalue weighted by molar-refractivity contribution is 5.95. The summed E-state index contributed by atoms with van der Waals surface area (Å²) in [7, 11) is 0. The Hall–Kier alpha value is -3.30. The zero-order valence-electron chi connectivity index (χ0n) is 20.6. The Morgan fingerprint density at radius 2 is 1.71 bits per heavy atom. The Bertz CT molecular complexity index is 909. The van der Waals surface area contributed by atoms with Gasteiger partial charge in [-0.15, -0.1) is 0 Å². The lowest BCUT2D eigenvalue weighted by Crippen LogP contribution is -2.55. The van der Waals surface area contributed by atoms with E-state index in [2.05, 4.69) is 10.6 Å². The number of carbonyl (C=O) groups excluding carboxylic acids is 4. The quantitative estimate of drug-likeness (QED) is 0.428. The Kier molecular flexibility index (Phi) is 8.52. The van der Waals surface area contributed by atoms with E-state index >= 15 is 0 Å². The van der Waals surface area contributed by atoms with E-state index in [1.54, 1.807) is 46.8 Å². The minimum atomic E-state index is -1.31. The van der Waals surface area contributed by atoms with E-state index in [0.717, 1.165) is 0 Å². The average Bonchev–Trinajstić information content (AvgIpc) is 3.39. The van der Waals surface area contributed by atoms with Crippen LogP contribution in [0.3, 0.4) is 0 Å². The molecule has 34 heavy (non-hydrogen) atoms. The van der Waals surface area contributed by atoms with Crippen molar-refractivity contribution < 1.29 is 29.0 Å². The van der Waals surface area contributed by atoms with Crippen LogP contribution in [0.2, 0.25) is 0 Å². The topological polar surface area (TPSA) is 151 Å². The van der Waals surface area contributed by atoms with E-state index in [-0.39, 0.29) is 23.8 Å². The first-order valence-corrected chi connectivity index (χ1v) is 11.4. The summed E-state index contributed by atoms with van der Waals surface area (Å²) in [6.45, 7) is 10.6. The molecular weight excluding hydrogens is 440 g/mol. The lowest BCUT2D eigenvalue weighted by molar-refractivity contribution is -0.144. The van der Waals surface area contributed by atoms with Crippen molar-refractivity contribution in [3.05, 3.63) is 29.8 Å². The number of benzene rings is 1. The molecule has 1 aliphatic rings. The molecule has 4 amide bonds. The van der Waals surface area contributed by atoms with Gasteiger partial charge in [-0.05, 0) is 64.7 Å². The van der Waals surface area contributed by atoms with Gasteiger partial charge in [-0.3, -0.25) is 14.4 Å². The van der Waals surface area contributed by atoms with E-state index in [1.807, 2.05) is 6.92 Å². The maximum atomic E-state index is 13.8. The number of nitrogens with zero attached hydrogens (tertiary/aromatic N) is 1. The summed E-state index contributed by atoms with van der Waals surface area (Å²) < 4.78 is 5.26. The second-order valence-electron chi connectivity index (χ2n) is 10.1. The number of amides is 4. The fourth-order valence-corrected chi connectivity index (χ4v) is 3.66. The Balaban J connectivity index is 2.47. The number of carbonyl (C=O) groups is 4. The number of rotatable bonds is 9. The molecule has 1 aromatic carbocycles. The highest BCUT2D eigenvalue weighted by Gasteiger charge is 2.48. The number of nitrogens with two attached hydrogens (primary N) is 1. The second-order valence-corrected chi connectivity index (χ2v) is 10.1. The summed E-state index contributed by atoms with van der Waals surface area (Å²) in [4.78, 5) is 52.7. The molecule has 0 aromatic heterocycles. The summed E-state index contributed by atoms with van der Waals surface area (Å²) in [5.41, 5.74) is 5.04. The lowest BCUT2D eigenvalue weighted by atomic mass is 10.0. The number of phenols is 1. The first kappa shape index (κ1) is 26.9. The molecule has 1 saturated carbocycles. The summed E-state index contributed by atoms with van der Waals surface area (Å²) in [5, 5.41) is 15.0. The van der Waals surface area contributed by atoms with Gasteiger partial charge >= 0.3 is 6.09 Å². The highest BCUT2D eigenvalue weighted by atomic mass is 16.6. The molecule has 0 spiro atoms. The van der Waals surface area contributed by atoms with Crippen molar-refractivity contribution in [2.45, 2.75) is 84.2 Å². The van der Waals surface area contributed by atoms with Crippen LogP contribution in [0.15, 0.2) is 24.3 Å². The normalized spacial score (nSPS) is 19.0. The second kappa shape index (κ2) is 10.8. The van der Waals surface area contributed by atoms with Gasteiger partial charge < -0.3 is 31.1 Å². The van der Waals surface area contributed by atoms with Gasteiger partial charge in [0.1, 0.15) is 23.4 Å². The molecule has 0 radical (unpaired) electrons. The van der Waals surface area contributed by atoms with Gasteiger partial charge in [0, 0.05) is 12.1 Å². The van der Waals surface area contributed by atoms with E-state index in [0.29, 0.717) is 12.0 Å². The van der Waals surface area contributed by atoms with Gasteiger partial charge in [0.05, 0.1) is 6.42 Å². The van der Waals surface area contributed by atoms with Gasteiger partial charge in [-0.25, -0.2) is 4.79 Å². The number of aromatic hydroxyl groups is 1. The van der Waals surface area contributed by atoms with Crippen LogP contribution in [-0.2, 0) is 19.1 Å². The highest BCUT2D eigenvalue weighted by Crippen LogP contribution is 2.41. The molecule has 0 bridgehead atoms. The first-order valence-electron chi connectivity index (χ1n) is 11.4. The smallest absolute Gasteiger partial charge is 0.408 e. The van der Waals surface area contributed by atoms with Gasteiger partial charge in [0.25, 0.3) is 0 Å². The molecule has 10 nitrogen and oxygen atoms in total. The van der Waals surface area contributed by atoms with Crippen molar-refractivity contribution in [2.24, 2.45) is 11.7 Å². The number of phenolic OH excluding ortho intramolecular Hbond substituents is 1. The molecule has 1 fully saturated rings. The minimum Gasteiger partial charge on any atom is -0.508 e. The van der Waals surface area contributed by atoms with Crippen LogP contribution in [0.25, 0.3) is 0 Å². The number of hydrogen-bond donors (Lipinski definition) is 4. The predicted octanol–water partition coefficient (Wildman–Crippen LogP) is 1.96. The average molecular weight is 477 g/mol. The molecule has 4 atom stereocenters. The minimum absolute atomic E-state index is 0.0163. The molecular formula is C24H36N4O6. The number of hydrogen-bond acceptors (Lipinski definition) is 6. The van der Waals surface area contributed by atoms with Crippen molar-refractivity contribution in [3.8, 4) is 5.75 Å². The predicted molar refractivity (Wildman–Crippen MR) is 126 cm³/mol. The summed E-state index contributed by atoms with van der Waals surface area (Å²) in [5.74, 6) is -1.68. The number of ether oxygens (including phenoxy) is 1. The summed E-state index contributed by atoms with van der Waals surface area (Å²) >= 11 is 0. The summed E-state index contributed by atoms with van der Waals surface area (Å²) in [6, 6.07) is 3.18. The van der Waals surface area contributed by atoms with E-state index in [4.69, 9.17) is 10.5 Å². The van der Waals surface area contributed by atoms with Crippen molar-refractivity contribution in [1.82, 2.24) is 15.5 Å². The Morgan fingerprint density at radius 1 is 1.15 bits per heavy atom. The van der Waals surface area contributed by atoms with Crippen LogP contribution in [0.4, 0.5) is 4.79 Å². The standard InChI is InChI=1S/C24H36N4O6/c1-13(2)26-21(31)20(15-7-9-16(29)10-8-15)28(18-11-14(18)3)22(32)17(12-19(25)30)27-23(33)34-24(4,5)6/h7-10,13-14,17-18,20,29H,11-12H2,1-6H3,(H2,25,30)(H,26,31)(H,27,33). The van der Waals surface area contributed by atoms with Crippen LogP contribution in [0.5, 0.6) is 5.75 Å². The maximum absolute atomic E-state index is 13.8. The molecule has 0 aliphatic heterocycles. The monoisotopic (exact) mass is 476 g/mol. The van der Waals surface area contributed by atoms with Gasteiger partial charge in [-0.2, -0.15) is 0 Å². The molecule has 1 aliphatic carbocycles. The number of primary amides is 1. The van der Waals surface area contributed by atoms with Gasteiger partial charge in [0.15, 0.2) is 0 Å².